The number of carbonyl (C=O) groups is 1. The summed E-state index contributed by atoms with van der Waals surface area (Å²) in [6.45, 7) is 0. The van der Waals surface area contributed by atoms with Gasteiger partial charge in [0.25, 0.3) is 0 Å². The first-order valence-electron chi connectivity index (χ1n) is 3.87. The number of carboxylic acid groups (broad SMARTS) is 1. The van der Waals surface area contributed by atoms with E-state index in [0.29, 0.717) is 17.0 Å². The van der Waals surface area contributed by atoms with Crippen LogP contribution in [0, 0.1) is 11.8 Å². The van der Waals surface area contributed by atoms with Crippen LogP contribution in [0.5, 0.6) is 0 Å². The van der Waals surface area contributed by atoms with Gasteiger partial charge in [-0.25, -0.2) is 4.79 Å². The third kappa shape index (κ3) is 2.44. The highest BCUT2D eigenvalue weighted by Crippen LogP contribution is 2.12. The zero-order valence-electron chi connectivity index (χ0n) is 7.32. The third-order valence-electron chi connectivity index (χ3n) is 1.58. The Bertz CT molecular complexity index is 418. The lowest BCUT2D eigenvalue weighted by atomic mass is 10.1. The topological polar surface area (TPSA) is 63.3 Å². The molecule has 0 bridgehead atoms. The standard InChI is InChI=1S/C10H9NO2S/c11-8-4-3-7(2-1-5-14)9(6-8)10(12)13/h3-4,6,14H,5,11H2,(H,12,13). The molecule has 3 nitrogen and oxygen atoms in total. The second-order valence-corrected chi connectivity index (χ2v) is 2.89. The van der Waals surface area contributed by atoms with E-state index in [2.05, 4.69) is 24.5 Å². The van der Waals surface area contributed by atoms with Gasteiger partial charge in [-0.2, -0.15) is 12.6 Å². The molecule has 0 aromatic heterocycles. The highest BCUT2D eigenvalue weighted by molar-refractivity contribution is 7.80. The van der Waals surface area contributed by atoms with Gasteiger partial charge >= 0.3 is 5.97 Å². The Balaban J connectivity index is 3.22. The summed E-state index contributed by atoms with van der Waals surface area (Å²) in [5.41, 5.74) is 6.47. The molecule has 0 aliphatic carbocycles. The van der Waals surface area contributed by atoms with Gasteiger partial charge in [0.15, 0.2) is 0 Å². The number of aromatic carboxylic acids is 1. The fraction of sp³-hybridized carbons (Fsp3) is 0.100. The molecule has 72 valence electrons. The van der Waals surface area contributed by atoms with Crippen molar-refractivity contribution in [3.8, 4) is 11.8 Å². The summed E-state index contributed by atoms with van der Waals surface area (Å²) >= 11 is 3.91. The van der Waals surface area contributed by atoms with Gasteiger partial charge in [-0.05, 0) is 18.2 Å². The number of hydrogen-bond acceptors (Lipinski definition) is 3. The quantitative estimate of drug-likeness (QED) is 0.369. The molecule has 1 rings (SSSR count). The number of rotatable bonds is 1. The Labute approximate surface area is 87.3 Å². The Morgan fingerprint density at radius 3 is 2.86 bits per heavy atom. The minimum Gasteiger partial charge on any atom is -0.478 e. The van der Waals surface area contributed by atoms with E-state index in [1.807, 2.05) is 0 Å². The molecule has 0 unspecified atom stereocenters. The van der Waals surface area contributed by atoms with Crippen LogP contribution in [0.1, 0.15) is 15.9 Å². The predicted molar refractivity (Wildman–Crippen MR) is 58.5 cm³/mol. The summed E-state index contributed by atoms with van der Waals surface area (Å²) in [4.78, 5) is 10.8. The van der Waals surface area contributed by atoms with Gasteiger partial charge in [-0.15, -0.1) is 0 Å². The van der Waals surface area contributed by atoms with Crippen molar-refractivity contribution in [2.24, 2.45) is 0 Å². The monoisotopic (exact) mass is 207 g/mol. The van der Waals surface area contributed by atoms with Crippen LogP contribution in [0.4, 0.5) is 5.69 Å². The van der Waals surface area contributed by atoms with E-state index in [4.69, 9.17) is 10.8 Å². The summed E-state index contributed by atoms with van der Waals surface area (Å²) in [5.74, 6) is 4.76. The fourth-order valence-electron chi connectivity index (χ4n) is 0.983. The van der Waals surface area contributed by atoms with Gasteiger partial charge in [0.05, 0.1) is 11.3 Å². The van der Waals surface area contributed by atoms with Crippen molar-refractivity contribution < 1.29 is 9.90 Å². The number of carboxylic acids is 1. The van der Waals surface area contributed by atoms with Gasteiger partial charge in [0.2, 0.25) is 0 Å². The summed E-state index contributed by atoms with van der Waals surface area (Å²) in [5, 5.41) is 8.85. The average molecular weight is 207 g/mol. The number of anilines is 1. The first-order chi connectivity index (χ1) is 6.65. The maximum Gasteiger partial charge on any atom is 0.337 e. The zero-order chi connectivity index (χ0) is 10.6. The van der Waals surface area contributed by atoms with Gasteiger partial charge in [0.1, 0.15) is 0 Å². The lowest BCUT2D eigenvalue weighted by Crippen LogP contribution is -2.01. The Hall–Kier alpha value is -1.60. The van der Waals surface area contributed by atoms with E-state index in [9.17, 15) is 4.79 Å². The normalized spacial score (nSPS) is 8.93. The molecule has 0 aliphatic heterocycles. The molecular weight excluding hydrogens is 198 g/mol. The largest absolute Gasteiger partial charge is 0.478 e. The Kier molecular flexibility index (Phi) is 3.43. The second-order valence-electron chi connectivity index (χ2n) is 2.57. The van der Waals surface area contributed by atoms with Crippen molar-refractivity contribution in [2.75, 3.05) is 11.5 Å². The van der Waals surface area contributed by atoms with E-state index >= 15 is 0 Å². The van der Waals surface area contributed by atoms with E-state index in [-0.39, 0.29) is 5.56 Å². The number of benzene rings is 1. The molecule has 0 heterocycles. The zero-order valence-corrected chi connectivity index (χ0v) is 8.21. The molecule has 0 amide bonds. The van der Waals surface area contributed by atoms with Gasteiger partial charge in [-0.3, -0.25) is 0 Å². The number of hydrogen-bond donors (Lipinski definition) is 3. The summed E-state index contributed by atoms with van der Waals surface area (Å²) < 4.78 is 0. The van der Waals surface area contributed by atoms with Crippen molar-refractivity contribution in [3.63, 3.8) is 0 Å². The fourth-order valence-corrected chi connectivity index (χ4v) is 1.06. The Morgan fingerprint density at radius 2 is 2.29 bits per heavy atom. The minimum absolute atomic E-state index is 0.124. The van der Waals surface area contributed by atoms with Crippen LogP contribution in [0.25, 0.3) is 0 Å². The average Bonchev–Trinajstić information content (AvgIpc) is 2.15. The van der Waals surface area contributed by atoms with E-state index in [1.54, 1.807) is 12.1 Å². The van der Waals surface area contributed by atoms with Gasteiger partial charge < -0.3 is 10.8 Å². The molecule has 0 atom stereocenters. The van der Waals surface area contributed by atoms with Crippen molar-refractivity contribution in [1.82, 2.24) is 0 Å². The highest BCUT2D eigenvalue weighted by atomic mass is 32.1. The molecule has 14 heavy (non-hydrogen) atoms. The first kappa shape index (κ1) is 10.5. The third-order valence-corrected chi connectivity index (χ3v) is 1.73. The van der Waals surface area contributed by atoms with E-state index < -0.39 is 5.97 Å². The van der Waals surface area contributed by atoms with Crippen molar-refractivity contribution in [3.05, 3.63) is 29.3 Å². The number of thiol groups is 1. The van der Waals surface area contributed by atoms with Crippen LogP contribution in [0.2, 0.25) is 0 Å². The molecule has 0 fully saturated rings. The van der Waals surface area contributed by atoms with Gasteiger partial charge in [0, 0.05) is 11.3 Å². The lowest BCUT2D eigenvalue weighted by molar-refractivity contribution is 0.0696. The molecule has 3 N–H and O–H groups in total. The summed E-state index contributed by atoms with van der Waals surface area (Å²) in [7, 11) is 0. The maximum absolute atomic E-state index is 10.8. The molecule has 0 saturated heterocycles. The van der Waals surface area contributed by atoms with Gasteiger partial charge in [-0.1, -0.05) is 11.8 Å². The van der Waals surface area contributed by atoms with Crippen LogP contribution in [-0.4, -0.2) is 16.8 Å². The van der Waals surface area contributed by atoms with Crippen molar-refractivity contribution >= 4 is 24.3 Å². The number of nitrogens with two attached hydrogens (primary N) is 1. The molecule has 0 radical (unpaired) electrons. The van der Waals surface area contributed by atoms with Crippen LogP contribution in [0.15, 0.2) is 18.2 Å². The molecular formula is C10H9NO2S. The smallest absolute Gasteiger partial charge is 0.337 e. The summed E-state index contributed by atoms with van der Waals surface area (Å²) in [6.07, 6.45) is 0. The molecule has 4 heteroatoms. The predicted octanol–water partition coefficient (Wildman–Crippen LogP) is 1.25. The van der Waals surface area contributed by atoms with Crippen LogP contribution in [-0.2, 0) is 0 Å². The Morgan fingerprint density at radius 1 is 1.57 bits per heavy atom. The van der Waals surface area contributed by atoms with E-state index in [0.717, 1.165) is 0 Å². The van der Waals surface area contributed by atoms with Crippen molar-refractivity contribution in [2.45, 2.75) is 0 Å². The second kappa shape index (κ2) is 4.58. The maximum atomic E-state index is 10.8. The van der Waals surface area contributed by atoms with Crippen LogP contribution in [0.3, 0.4) is 0 Å². The lowest BCUT2D eigenvalue weighted by Gasteiger charge is -2.00. The molecule has 1 aromatic carbocycles. The SMILES string of the molecule is Nc1ccc(C#CCS)c(C(=O)O)c1. The van der Waals surface area contributed by atoms with Crippen molar-refractivity contribution in [1.29, 1.82) is 0 Å². The minimum atomic E-state index is -1.03. The molecule has 0 aliphatic rings. The molecule has 0 saturated carbocycles. The number of nitrogen functional groups attached to an aromatic ring is 1. The first-order valence-corrected chi connectivity index (χ1v) is 4.51. The van der Waals surface area contributed by atoms with Crippen LogP contribution < -0.4 is 5.73 Å². The van der Waals surface area contributed by atoms with E-state index in [1.165, 1.54) is 6.07 Å². The molecule has 1 aromatic rings. The molecule has 0 spiro atoms. The highest BCUT2D eigenvalue weighted by Gasteiger charge is 2.07. The summed E-state index contributed by atoms with van der Waals surface area (Å²) in [6, 6.07) is 4.61. The van der Waals surface area contributed by atoms with Crippen LogP contribution >= 0.6 is 12.6 Å².